The maximum absolute atomic E-state index is 12.9. The number of aromatic nitrogens is 2. The van der Waals surface area contributed by atoms with Crippen molar-refractivity contribution in [1.82, 2.24) is 15.5 Å². The summed E-state index contributed by atoms with van der Waals surface area (Å²) in [6.07, 6.45) is 5.74. The van der Waals surface area contributed by atoms with Gasteiger partial charge in [0.25, 0.3) is 5.91 Å². The first-order valence-electron chi connectivity index (χ1n) is 8.67. The molecule has 0 bridgehead atoms. The minimum absolute atomic E-state index is 0.0939. The summed E-state index contributed by atoms with van der Waals surface area (Å²) in [6, 6.07) is 6.70. The van der Waals surface area contributed by atoms with E-state index in [-0.39, 0.29) is 11.7 Å². The molecule has 1 fully saturated rings. The van der Waals surface area contributed by atoms with Crippen LogP contribution in [0.4, 0.5) is 0 Å². The van der Waals surface area contributed by atoms with Crippen LogP contribution in [0.5, 0.6) is 0 Å². The van der Waals surface area contributed by atoms with E-state index in [1.54, 1.807) is 31.2 Å². The lowest BCUT2D eigenvalue weighted by molar-refractivity contribution is 0.0855. The van der Waals surface area contributed by atoms with Gasteiger partial charge in [-0.1, -0.05) is 36.6 Å². The number of carbonyl (C=O) groups excluding carboxylic acids is 1. The molecular formula is C18H23N3O4S. The lowest BCUT2D eigenvalue weighted by Gasteiger charge is -2.35. The zero-order chi connectivity index (χ0) is 18.8. The zero-order valence-corrected chi connectivity index (χ0v) is 15.8. The number of amides is 1. The molecule has 1 aliphatic rings. The SMILES string of the molecule is Cc1nc(C2(NC(=O)c3cccc(CS(C)(=O)=O)c3)CCCCC2)no1. The highest BCUT2D eigenvalue weighted by Crippen LogP contribution is 2.36. The molecule has 1 aromatic heterocycles. The second-order valence-electron chi connectivity index (χ2n) is 7.00. The van der Waals surface area contributed by atoms with E-state index < -0.39 is 15.4 Å². The summed E-state index contributed by atoms with van der Waals surface area (Å²) in [7, 11) is -3.16. The lowest BCUT2D eigenvalue weighted by atomic mass is 9.80. The fourth-order valence-corrected chi connectivity index (χ4v) is 4.23. The first kappa shape index (κ1) is 18.6. The van der Waals surface area contributed by atoms with E-state index in [0.717, 1.165) is 32.1 Å². The Morgan fingerprint density at radius 2 is 2.00 bits per heavy atom. The van der Waals surface area contributed by atoms with Crippen molar-refractivity contribution in [1.29, 1.82) is 0 Å². The monoisotopic (exact) mass is 377 g/mol. The molecule has 1 saturated carbocycles. The molecule has 0 atom stereocenters. The normalized spacial score (nSPS) is 17.0. The van der Waals surface area contributed by atoms with Crippen LogP contribution in [0.3, 0.4) is 0 Å². The molecule has 1 heterocycles. The van der Waals surface area contributed by atoms with Crippen molar-refractivity contribution in [3.63, 3.8) is 0 Å². The fourth-order valence-electron chi connectivity index (χ4n) is 3.45. The highest BCUT2D eigenvalue weighted by atomic mass is 32.2. The third-order valence-electron chi connectivity index (χ3n) is 4.63. The van der Waals surface area contributed by atoms with Crippen LogP contribution in [-0.2, 0) is 21.1 Å². The highest BCUT2D eigenvalue weighted by Gasteiger charge is 2.39. The first-order valence-corrected chi connectivity index (χ1v) is 10.7. The largest absolute Gasteiger partial charge is 0.340 e. The van der Waals surface area contributed by atoms with Crippen LogP contribution in [0, 0.1) is 6.92 Å². The Bertz CT molecular complexity index is 899. The molecule has 0 saturated heterocycles. The van der Waals surface area contributed by atoms with Gasteiger partial charge in [-0.15, -0.1) is 0 Å². The van der Waals surface area contributed by atoms with E-state index in [4.69, 9.17) is 4.52 Å². The second kappa shape index (κ2) is 7.19. The van der Waals surface area contributed by atoms with Gasteiger partial charge in [0.15, 0.2) is 15.7 Å². The summed E-state index contributed by atoms with van der Waals surface area (Å²) in [5.41, 5.74) is 0.379. The molecule has 8 heteroatoms. The van der Waals surface area contributed by atoms with Crippen LogP contribution < -0.4 is 5.32 Å². The molecule has 1 N–H and O–H groups in total. The molecule has 1 amide bonds. The van der Waals surface area contributed by atoms with Gasteiger partial charge in [-0.2, -0.15) is 4.98 Å². The Labute approximate surface area is 153 Å². The average molecular weight is 377 g/mol. The van der Waals surface area contributed by atoms with Crippen molar-refractivity contribution in [2.45, 2.75) is 50.3 Å². The Balaban J connectivity index is 1.86. The van der Waals surface area contributed by atoms with E-state index >= 15 is 0 Å². The first-order chi connectivity index (χ1) is 12.3. The number of rotatable bonds is 5. The molecule has 0 unspecified atom stereocenters. The van der Waals surface area contributed by atoms with Gasteiger partial charge in [0.1, 0.15) is 5.54 Å². The van der Waals surface area contributed by atoms with Crippen molar-refractivity contribution >= 4 is 15.7 Å². The van der Waals surface area contributed by atoms with Crippen LogP contribution in [0.1, 0.15) is 59.7 Å². The Kier molecular flexibility index (Phi) is 5.13. The van der Waals surface area contributed by atoms with Crippen molar-refractivity contribution in [2.24, 2.45) is 0 Å². The zero-order valence-electron chi connectivity index (χ0n) is 15.0. The topological polar surface area (TPSA) is 102 Å². The number of benzene rings is 1. The molecule has 0 radical (unpaired) electrons. The lowest BCUT2D eigenvalue weighted by Crippen LogP contribution is -2.48. The number of hydrogen-bond acceptors (Lipinski definition) is 6. The minimum atomic E-state index is -3.16. The molecule has 2 aromatic rings. The molecule has 7 nitrogen and oxygen atoms in total. The number of nitrogens with zero attached hydrogens (tertiary/aromatic N) is 2. The van der Waals surface area contributed by atoms with Gasteiger partial charge in [-0.3, -0.25) is 4.79 Å². The van der Waals surface area contributed by atoms with Gasteiger partial charge in [0.05, 0.1) is 5.75 Å². The predicted molar refractivity (Wildman–Crippen MR) is 96.3 cm³/mol. The molecule has 140 valence electrons. The van der Waals surface area contributed by atoms with Gasteiger partial charge in [0, 0.05) is 18.7 Å². The van der Waals surface area contributed by atoms with Crippen LogP contribution in [0.25, 0.3) is 0 Å². The maximum Gasteiger partial charge on any atom is 0.252 e. The van der Waals surface area contributed by atoms with Crippen LogP contribution in [0.2, 0.25) is 0 Å². The predicted octanol–water partition coefficient (Wildman–Crippen LogP) is 2.51. The number of hydrogen-bond donors (Lipinski definition) is 1. The fraction of sp³-hybridized carbons (Fsp3) is 0.500. The molecule has 1 aliphatic carbocycles. The van der Waals surface area contributed by atoms with E-state index in [1.165, 1.54) is 6.26 Å². The van der Waals surface area contributed by atoms with Gasteiger partial charge in [-0.05, 0) is 30.5 Å². The van der Waals surface area contributed by atoms with E-state index in [9.17, 15) is 13.2 Å². The Hall–Kier alpha value is -2.22. The molecule has 3 rings (SSSR count). The summed E-state index contributed by atoms with van der Waals surface area (Å²) in [4.78, 5) is 17.2. The van der Waals surface area contributed by atoms with Crippen LogP contribution in [0.15, 0.2) is 28.8 Å². The summed E-state index contributed by atoms with van der Waals surface area (Å²) >= 11 is 0. The van der Waals surface area contributed by atoms with Crippen molar-refractivity contribution in [2.75, 3.05) is 6.26 Å². The van der Waals surface area contributed by atoms with E-state index in [0.29, 0.717) is 22.8 Å². The highest BCUT2D eigenvalue weighted by molar-refractivity contribution is 7.89. The van der Waals surface area contributed by atoms with Crippen molar-refractivity contribution in [3.05, 3.63) is 47.1 Å². The van der Waals surface area contributed by atoms with Crippen molar-refractivity contribution in [3.8, 4) is 0 Å². The number of sulfone groups is 1. The number of aryl methyl sites for hydroxylation is 1. The number of nitrogens with one attached hydrogen (secondary N) is 1. The average Bonchev–Trinajstić information content (AvgIpc) is 3.01. The standard InChI is InChI=1S/C18H23N3O4S/c1-13-19-17(21-25-13)18(9-4-3-5-10-18)20-16(22)15-8-6-7-14(11-15)12-26(2,23)24/h6-8,11H,3-5,9-10,12H2,1-2H3,(H,20,22). The van der Waals surface area contributed by atoms with Gasteiger partial charge in [-0.25, -0.2) is 8.42 Å². The van der Waals surface area contributed by atoms with Crippen LogP contribution in [-0.4, -0.2) is 30.7 Å². The van der Waals surface area contributed by atoms with Gasteiger partial charge >= 0.3 is 0 Å². The number of carbonyl (C=O) groups is 1. The van der Waals surface area contributed by atoms with E-state index in [1.807, 2.05) is 0 Å². The third kappa shape index (κ3) is 4.30. The summed E-state index contributed by atoms with van der Waals surface area (Å²) in [5.74, 6) is 0.623. The smallest absolute Gasteiger partial charge is 0.252 e. The molecule has 0 aliphatic heterocycles. The summed E-state index contributed by atoms with van der Waals surface area (Å²) in [6.45, 7) is 1.73. The van der Waals surface area contributed by atoms with Crippen LogP contribution >= 0.6 is 0 Å². The second-order valence-corrected chi connectivity index (χ2v) is 9.14. The Morgan fingerprint density at radius 3 is 2.62 bits per heavy atom. The molecule has 26 heavy (non-hydrogen) atoms. The third-order valence-corrected chi connectivity index (χ3v) is 5.49. The molecule has 1 aromatic carbocycles. The van der Waals surface area contributed by atoms with Gasteiger partial charge < -0.3 is 9.84 Å². The Morgan fingerprint density at radius 1 is 1.27 bits per heavy atom. The molecular weight excluding hydrogens is 354 g/mol. The quantitative estimate of drug-likeness (QED) is 0.859. The molecule has 0 spiro atoms. The summed E-state index contributed by atoms with van der Waals surface area (Å²) < 4.78 is 28.1. The minimum Gasteiger partial charge on any atom is -0.340 e. The summed E-state index contributed by atoms with van der Waals surface area (Å²) in [5, 5.41) is 7.14. The van der Waals surface area contributed by atoms with Crippen molar-refractivity contribution < 1.29 is 17.7 Å². The van der Waals surface area contributed by atoms with E-state index in [2.05, 4.69) is 15.5 Å². The maximum atomic E-state index is 12.9. The van der Waals surface area contributed by atoms with Gasteiger partial charge in [0.2, 0.25) is 5.89 Å².